The molecule has 4 nitrogen and oxygen atoms in total. The van der Waals surface area contributed by atoms with Gasteiger partial charge in [0.1, 0.15) is 0 Å². The molecule has 0 saturated carbocycles. The van der Waals surface area contributed by atoms with E-state index in [-0.39, 0.29) is 12.1 Å². The molecule has 1 atom stereocenters. The van der Waals surface area contributed by atoms with Crippen LogP contribution in [0, 0.1) is 0 Å². The Labute approximate surface area is 97.2 Å². The molecule has 1 unspecified atom stereocenters. The van der Waals surface area contributed by atoms with Gasteiger partial charge in [-0.15, -0.1) is 0 Å². The number of ether oxygens (including phenoxy) is 1. The molecule has 0 fully saturated rings. The van der Waals surface area contributed by atoms with Crippen molar-refractivity contribution in [2.24, 2.45) is 7.05 Å². The molecule has 2 N–H and O–H groups in total. The summed E-state index contributed by atoms with van der Waals surface area (Å²) in [5.74, 6) is 0. The van der Waals surface area contributed by atoms with Gasteiger partial charge in [0.25, 0.3) is 0 Å². The van der Waals surface area contributed by atoms with Crippen LogP contribution in [0.15, 0.2) is 18.3 Å². The summed E-state index contributed by atoms with van der Waals surface area (Å²) >= 11 is 0. The minimum absolute atomic E-state index is 0.167. The second kappa shape index (κ2) is 6.03. The highest BCUT2D eigenvalue weighted by atomic mass is 16.5. The maximum Gasteiger partial charge on any atom is 0.0642 e. The van der Waals surface area contributed by atoms with Gasteiger partial charge in [0.15, 0.2) is 0 Å². The molecule has 1 rings (SSSR count). The fourth-order valence-electron chi connectivity index (χ4n) is 1.76. The molecular weight excluding hydrogens is 204 g/mol. The zero-order valence-corrected chi connectivity index (χ0v) is 10.4. The van der Waals surface area contributed by atoms with Gasteiger partial charge in [0.05, 0.1) is 6.61 Å². The van der Waals surface area contributed by atoms with E-state index < -0.39 is 0 Å². The van der Waals surface area contributed by atoms with Crippen LogP contribution < -0.4 is 5.32 Å². The molecule has 1 heterocycles. The highest BCUT2D eigenvalue weighted by molar-refractivity contribution is 5.06. The van der Waals surface area contributed by atoms with Crippen molar-refractivity contribution in [2.75, 3.05) is 20.3 Å². The lowest BCUT2D eigenvalue weighted by Gasteiger charge is -2.29. The molecule has 0 aliphatic rings. The van der Waals surface area contributed by atoms with Crippen molar-refractivity contribution in [1.82, 2.24) is 9.88 Å². The fraction of sp³-hybridized carbons (Fsp3) is 0.667. The van der Waals surface area contributed by atoms with Crippen LogP contribution >= 0.6 is 0 Å². The Kier molecular flexibility index (Phi) is 4.99. The summed E-state index contributed by atoms with van der Waals surface area (Å²) in [7, 11) is 3.70. The van der Waals surface area contributed by atoms with E-state index in [4.69, 9.17) is 9.84 Å². The minimum Gasteiger partial charge on any atom is -0.396 e. The largest absolute Gasteiger partial charge is 0.396 e. The van der Waals surface area contributed by atoms with Crippen LogP contribution in [-0.4, -0.2) is 35.5 Å². The van der Waals surface area contributed by atoms with Crippen molar-refractivity contribution in [3.05, 3.63) is 24.0 Å². The Hall–Kier alpha value is -0.840. The van der Waals surface area contributed by atoms with Crippen molar-refractivity contribution < 1.29 is 9.84 Å². The van der Waals surface area contributed by atoms with E-state index in [0.29, 0.717) is 13.0 Å². The summed E-state index contributed by atoms with van der Waals surface area (Å²) in [5.41, 5.74) is 1.05. The van der Waals surface area contributed by atoms with Crippen LogP contribution in [0.4, 0.5) is 0 Å². The van der Waals surface area contributed by atoms with E-state index in [2.05, 4.69) is 22.9 Å². The lowest BCUT2D eigenvalue weighted by atomic mass is 9.99. The highest BCUT2D eigenvalue weighted by Crippen LogP contribution is 2.11. The monoisotopic (exact) mass is 226 g/mol. The van der Waals surface area contributed by atoms with Gasteiger partial charge in [0, 0.05) is 44.7 Å². The summed E-state index contributed by atoms with van der Waals surface area (Å²) in [5, 5.41) is 12.5. The molecular formula is C12H22N2O2. The smallest absolute Gasteiger partial charge is 0.0642 e. The number of hydrogen-bond acceptors (Lipinski definition) is 3. The van der Waals surface area contributed by atoms with Crippen LogP contribution in [0.3, 0.4) is 0 Å². The Morgan fingerprint density at radius 1 is 1.56 bits per heavy atom. The van der Waals surface area contributed by atoms with Gasteiger partial charge in [-0.05, 0) is 25.5 Å². The summed E-state index contributed by atoms with van der Waals surface area (Å²) in [6.45, 7) is 3.61. The quantitative estimate of drug-likeness (QED) is 0.726. The third-order valence-electron chi connectivity index (χ3n) is 2.87. The SMILES string of the molecule is COCC(C)(CCO)NCc1cccn1C. The highest BCUT2D eigenvalue weighted by Gasteiger charge is 2.22. The number of hydrogen-bond donors (Lipinski definition) is 2. The summed E-state index contributed by atoms with van der Waals surface area (Å²) < 4.78 is 7.26. The number of rotatable bonds is 7. The van der Waals surface area contributed by atoms with Crippen molar-refractivity contribution in [2.45, 2.75) is 25.4 Å². The van der Waals surface area contributed by atoms with Crippen molar-refractivity contribution in [3.63, 3.8) is 0 Å². The average Bonchev–Trinajstić information content (AvgIpc) is 2.62. The van der Waals surface area contributed by atoms with Crippen LogP contribution in [0.2, 0.25) is 0 Å². The van der Waals surface area contributed by atoms with Crippen LogP contribution in [-0.2, 0) is 18.3 Å². The zero-order chi connectivity index (χ0) is 12.0. The second-order valence-corrected chi connectivity index (χ2v) is 4.43. The molecule has 16 heavy (non-hydrogen) atoms. The van der Waals surface area contributed by atoms with E-state index in [1.54, 1.807) is 7.11 Å². The Morgan fingerprint density at radius 2 is 2.31 bits per heavy atom. The van der Waals surface area contributed by atoms with Gasteiger partial charge in [0.2, 0.25) is 0 Å². The Balaban J connectivity index is 2.53. The molecule has 0 aromatic carbocycles. The molecule has 1 aromatic heterocycles. The molecule has 0 aliphatic carbocycles. The number of aryl methyl sites for hydroxylation is 1. The lowest BCUT2D eigenvalue weighted by molar-refractivity contribution is 0.0966. The maximum atomic E-state index is 9.04. The molecule has 0 spiro atoms. The molecule has 92 valence electrons. The number of aliphatic hydroxyl groups is 1. The van der Waals surface area contributed by atoms with Gasteiger partial charge >= 0.3 is 0 Å². The predicted octanol–water partition coefficient (Wildman–Crippen LogP) is 0.902. The topological polar surface area (TPSA) is 46.4 Å². The van der Waals surface area contributed by atoms with E-state index >= 15 is 0 Å². The Morgan fingerprint density at radius 3 is 2.81 bits per heavy atom. The average molecular weight is 226 g/mol. The first kappa shape index (κ1) is 13.2. The fourth-order valence-corrected chi connectivity index (χ4v) is 1.76. The summed E-state index contributed by atoms with van der Waals surface area (Å²) in [6.07, 6.45) is 2.71. The minimum atomic E-state index is -0.173. The standard InChI is InChI=1S/C12H22N2O2/c1-12(6-8-15,10-16-3)13-9-11-5-4-7-14(11)2/h4-5,7,13,15H,6,8-10H2,1-3H3. The third kappa shape index (κ3) is 3.63. The van der Waals surface area contributed by atoms with Crippen molar-refractivity contribution in [1.29, 1.82) is 0 Å². The Bertz CT molecular complexity index is 304. The summed E-state index contributed by atoms with van der Waals surface area (Å²) in [6, 6.07) is 4.11. The number of methoxy groups -OCH3 is 1. The van der Waals surface area contributed by atoms with Crippen molar-refractivity contribution >= 4 is 0 Å². The summed E-state index contributed by atoms with van der Waals surface area (Å²) in [4.78, 5) is 0. The first-order valence-electron chi connectivity index (χ1n) is 5.56. The van der Waals surface area contributed by atoms with Gasteiger partial charge < -0.3 is 19.7 Å². The van der Waals surface area contributed by atoms with E-state index in [1.165, 1.54) is 5.69 Å². The number of nitrogens with one attached hydrogen (secondary N) is 1. The van der Waals surface area contributed by atoms with Crippen molar-refractivity contribution in [3.8, 4) is 0 Å². The number of aliphatic hydroxyl groups excluding tert-OH is 1. The van der Waals surface area contributed by atoms with Gasteiger partial charge in [-0.1, -0.05) is 0 Å². The molecule has 1 aromatic rings. The third-order valence-corrected chi connectivity index (χ3v) is 2.87. The molecule has 0 amide bonds. The van der Waals surface area contributed by atoms with Gasteiger partial charge in [-0.2, -0.15) is 0 Å². The first-order valence-corrected chi connectivity index (χ1v) is 5.56. The van der Waals surface area contributed by atoms with E-state index in [0.717, 1.165) is 6.54 Å². The van der Waals surface area contributed by atoms with E-state index in [1.807, 2.05) is 19.3 Å². The zero-order valence-electron chi connectivity index (χ0n) is 10.4. The normalized spacial score (nSPS) is 15.0. The first-order chi connectivity index (χ1) is 7.61. The maximum absolute atomic E-state index is 9.04. The lowest BCUT2D eigenvalue weighted by Crippen LogP contribution is -2.46. The number of nitrogens with zero attached hydrogens (tertiary/aromatic N) is 1. The number of aromatic nitrogens is 1. The molecule has 0 bridgehead atoms. The van der Waals surface area contributed by atoms with Crippen LogP contribution in [0.5, 0.6) is 0 Å². The molecule has 0 radical (unpaired) electrons. The van der Waals surface area contributed by atoms with Gasteiger partial charge in [-0.3, -0.25) is 0 Å². The van der Waals surface area contributed by atoms with Gasteiger partial charge in [-0.25, -0.2) is 0 Å². The molecule has 0 aliphatic heterocycles. The van der Waals surface area contributed by atoms with Crippen LogP contribution in [0.1, 0.15) is 19.0 Å². The second-order valence-electron chi connectivity index (χ2n) is 4.43. The predicted molar refractivity (Wildman–Crippen MR) is 64.2 cm³/mol. The van der Waals surface area contributed by atoms with Crippen LogP contribution in [0.25, 0.3) is 0 Å². The molecule has 0 saturated heterocycles. The molecule has 4 heteroatoms. The van der Waals surface area contributed by atoms with E-state index in [9.17, 15) is 0 Å².